The number of aliphatic carboxylic acids is 1. The first-order valence-corrected chi connectivity index (χ1v) is 11.9. The number of benzene rings is 3. The van der Waals surface area contributed by atoms with Crippen LogP contribution in [0.1, 0.15) is 22.6 Å². The molecule has 1 atom stereocenters. The number of amides is 1. The van der Waals surface area contributed by atoms with Crippen LogP contribution in [0.5, 0.6) is 5.75 Å². The first kappa shape index (κ1) is 23.5. The van der Waals surface area contributed by atoms with Crippen LogP contribution in [-0.4, -0.2) is 49.4 Å². The minimum atomic E-state index is -5.35. The fourth-order valence-electron chi connectivity index (χ4n) is 4.21. The average Bonchev–Trinajstić information content (AvgIpc) is 3.11. The van der Waals surface area contributed by atoms with E-state index in [1.807, 2.05) is 48.5 Å². The molecular weight excluding hydrogens is 461 g/mol. The molecule has 9 nitrogen and oxygen atoms in total. The Kier molecular flexibility index (Phi) is 6.43. The van der Waals surface area contributed by atoms with Gasteiger partial charge in [0.2, 0.25) is 0 Å². The monoisotopic (exact) mass is 483 g/mol. The molecule has 3 aromatic rings. The first-order chi connectivity index (χ1) is 16.2. The number of hydrogen-bond donors (Lipinski definition) is 4. The zero-order valence-corrected chi connectivity index (χ0v) is 18.7. The van der Waals surface area contributed by atoms with E-state index >= 15 is 0 Å². The Labute approximate surface area is 195 Å². The maximum absolute atomic E-state index is 12.9. The topological polar surface area (TPSA) is 145 Å². The standard InChI is InChI=1S/C24H22NO8P/c26-16-11-9-15(10-12-16)13-22(23(27)28)25(34(30,31)32)24(29)33-14-21-19-7-3-1-5-17(19)18-6-2-4-8-20(18)21/h1-12,21-22,26H,13-14H2,(H,27,28)(H2,30,31,32)/t22-/m0/s1. The van der Waals surface area contributed by atoms with Gasteiger partial charge in [0.15, 0.2) is 0 Å². The second-order valence-corrected chi connectivity index (χ2v) is 9.34. The molecule has 3 aromatic carbocycles. The van der Waals surface area contributed by atoms with Crippen LogP contribution in [0.4, 0.5) is 4.79 Å². The number of carbonyl (C=O) groups is 2. The lowest BCUT2D eigenvalue weighted by Gasteiger charge is -2.29. The van der Waals surface area contributed by atoms with Gasteiger partial charge in [-0.15, -0.1) is 0 Å². The highest BCUT2D eigenvalue weighted by Gasteiger charge is 2.43. The zero-order valence-electron chi connectivity index (χ0n) is 17.8. The number of hydrogen-bond acceptors (Lipinski definition) is 5. The molecule has 0 saturated carbocycles. The van der Waals surface area contributed by atoms with Gasteiger partial charge < -0.3 is 24.7 Å². The predicted molar refractivity (Wildman–Crippen MR) is 122 cm³/mol. The van der Waals surface area contributed by atoms with E-state index < -0.39 is 32.3 Å². The van der Waals surface area contributed by atoms with E-state index in [0.29, 0.717) is 5.56 Å². The number of nitrogens with zero attached hydrogens (tertiary/aromatic N) is 1. The molecule has 0 aliphatic heterocycles. The highest BCUT2D eigenvalue weighted by molar-refractivity contribution is 7.50. The molecule has 176 valence electrons. The second kappa shape index (κ2) is 9.30. The number of phenolic OH excluding ortho intramolecular Hbond substituents is 1. The molecular formula is C24H22NO8P. The number of phenols is 1. The number of aromatic hydroxyl groups is 1. The Morgan fingerprint density at radius 2 is 1.44 bits per heavy atom. The summed E-state index contributed by atoms with van der Waals surface area (Å²) in [6.45, 7) is -0.227. The number of carbonyl (C=O) groups excluding carboxylic acids is 1. The van der Waals surface area contributed by atoms with Crippen molar-refractivity contribution < 1.29 is 38.9 Å². The summed E-state index contributed by atoms with van der Waals surface area (Å²) in [6, 6.07) is 18.7. The van der Waals surface area contributed by atoms with Gasteiger partial charge in [-0.1, -0.05) is 60.7 Å². The SMILES string of the molecule is O=C(O)[C@H](Cc1ccc(O)cc1)N(C(=O)OCC1c2ccccc2-c2ccccc21)P(=O)(O)O. The Morgan fingerprint density at radius 3 is 1.94 bits per heavy atom. The fraction of sp³-hybridized carbons (Fsp3) is 0.167. The van der Waals surface area contributed by atoms with Crippen molar-refractivity contribution in [1.29, 1.82) is 0 Å². The van der Waals surface area contributed by atoms with Crippen molar-refractivity contribution in [1.82, 2.24) is 4.67 Å². The van der Waals surface area contributed by atoms with E-state index in [1.165, 1.54) is 24.3 Å². The van der Waals surface area contributed by atoms with E-state index in [0.717, 1.165) is 22.3 Å². The minimum Gasteiger partial charge on any atom is -0.508 e. The van der Waals surface area contributed by atoms with Crippen LogP contribution in [0.25, 0.3) is 11.1 Å². The third-order valence-electron chi connectivity index (χ3n) is 5.75. The minimum absolute atomic E-state index is 0.0328. The largest absolute Gasteiger partial charge is 0.508 e. The van der Waals surface area contributed by atoms with Gasteiger partial charge in [-0.05, 0) is 39.9 Å². The summed E-state index contributed by atoms with van der Waals surface area (Å²) in [7, 11) is -5.35. The van der Waals surface area contributed by atoms with Gasteiger partial charge in [-0.3, -0.25) is 0 Å². The number of rotatable bonds is 7. The lowest BCUT2D eigenvalue weighted by Crippen LogP contribution is -2.44. The Bertz CT molecular complexity index is 1220. The molecule has 0 radical (unpaired) electrons. The average molecular weight is 483 g/mol. The van der Waals surface area contributed by atoms with Gasteiger partial charge in [0.05, 0.1) is 0 Å². The highest BCUT2D eigenvalue weighted by atomic mass is 31.2. The van der Waals surface area contributed by atoms with Crippen molar-refractivity contribution >= 4 is 19.8 Å². The van der Waals surface area contributed by atoms with E-state index in [-0.39, 0.29) is 22.9 Å². The van der Waals surface area contributed by atoms with Crippen LogP contribution in [0, 0.1) is 0 Å². The third-order valence-corrected chi connectivity index (χ3v) is 6.75. The van der Waals surface area contributed by atoms with Gasteiger partial charge in [-0.25, -0.2) is 14.2 Å². The summed E-state index contributed by atoms with van der Waals surface area (Å²) in [5, 5.41) is 19.1. The summed E-state index contributed by atoms with van der Waals surface area (Å²) in [5.74, 6) is -2.03. The van der Waals surface area contributed by atoms with Crippen molar-refractivity contribution in [3.05, 3.63) is 89.5 Å². The van der Waals surface area contributed by atoms with Crippen LogP contribution in [0.3, 0.4) is 0 Å². The fourth-order valence-corrected chi connectivity index (χ4v) is 5.02. The van der Waals surface area contributed by atoms with Gasteiger partial charge in [0.1, 0.15) is 18.4 Å². The van der Waals surface area contributed by atoms with E-state index in [2.05, 4.69) is 0 Å². The lowest BCUT2D eigenvalue weighted by atomic mass is 9.98. The molecule has 0 aromatic heterocycles. The number of ether oxygens (including phenoxy) is 1. The molecule has 34 heavy (non-hydrogen) atoms. The maximum atomic E-state index is 12.9. The number of carboxylic acids is 1. The molecule has 0 heterocycles. The van der Waals surface area contributed by atoms with Gasteiger partial charge in [0, 0.05) is 12.3 Å². The summed E-state index contributed by atoms with van der Waals surface area (Å²) in [5.41, 5.74) is 4.11. The van der Waals surface area contributed by atoms with Crippen molar-refractivity contribution in [3.63, 3.8) is 0 Å². The number of carboxylic acid groups (broad SMARTS) is 1. The quantitative estimate of drug-likeness (QED) is 0.372. The first-order valence-electron chi connectivity index (χ1n) is 10.4. The molecule has 0 saturated heterocycles. The Hall–Kier alpha value is -3.65. The van der Waals surface area contributed by atoms with Crippen molar-refractivity contribution in [2.45, 2.75) is 18.4 Å². The molecule has 1 aliphatic carbocycles. The molecule has 4 N–H and O–H groups in total. The molecule has 4 rings (SSSR count). The molecule has 10 heteroatoms. The van der Waals surface area contributed by atoms with Gasteiger partial charge in [-0.2, -0.15) is 4.67 Å². The Morgan fingerprint density at radius 1 is 0.912 bits per heavy atom. The van der Waals surface area contributed by atoms with E-state index in [4.69, 9.17) is 4.74 Å². The second-order valence-electron chi connectivity index (χ2n) is 7.89. The maximum Gasteiger partial charge on any atom is 0.435 e. The smallest absolute Gasteiger partial charge is 0.435 e. The van der Waals surface area contributed by atoms with E-state index in [9.17, 15) is 34.2 Å². The molecule has 0 bridgehead atoms. The van der Waals surface area contributed by atoms with Crippen LogP contribution in [-0.2, 0) is 20.5 Å². The van der Waals surface area contributed by atoms with Crippen LogP contribution >= 0.6 is 7.75 Å². The van der Waals surface area contributed by atoms with Crippen molar-refractivity contribution in [2.75, 3.05) is 6.61 Å². The van der Waals surface area contributed by atoms with E-state index in [1.54, 1.807) is 0 Å². The van der Waals surface area contributed by atoms with Gasteiger partial charge in [0.25, 0.3) is 0 Å². The summed E-state index contributed by atoms with van der Waals surface area (Å²) in [4.78, 5) is 44.4. The summed E-state index contributed by atoms with van der Waals surface area (Å²) < 4.78 is 17.4. The Balaban J connectivity index is 1.58. The van der Waals surface area contributed by atoms with Crippen molar-refractivity contribution in [2.24, 2.45) is 0 Å². The molecule has 0 fully saturated rings. The predicted octanol–water partition coefficient (Wildman–Crippen LogP) is 3.73. The lowest BCUT2D eigenvalue weighted by molar-refractivity contribution is -0.141. The number of fused-ring (bicyclic) bond motifs is 3. The summed E-state index contributed by atoms with van der Waals surface area (Å²) >= 11 is 0. The highest BCUT2D eigenvalue weighted by Crippen LogP contribution is 2.46. The normalized spacial score (nSPS) is 13.6. The molecule has 0 unspecified atom stereocenters. The van der Waals surface area contributed by atoms with Crippen LogP contribution < -0.4 is 0 Å². The third kappa shape index (κ3) is 4.68. The van der Waals surface area contributed by atoms with Crippen molar-refractivity contribution in [3.8, 4) is 16.9 Å². The molecule has 1 amide bonds. The van der Waals surface area contributed by atoms with Crippen LogP contribution in [0.15, 0.2) is 72.8 Å². The summed E-state index contributed by atoms with van der Waals surface area (Å²) in [6.07, 6.45) is -1.83. The molecule has 0 spiro atoms. The zero-order chi connectivity index (χ0) is 24.5. The van der Waals surface area contributed by atoms with Gasteiger partial charge >= 0.3 is 19.8 Å². The van der Waals surface area contributed by atoms with Crippen LogP contribution in [0.2, 0.25) is 0 Å². The molecule has 1 aliphatic rings.